The Bertz CT molecular complexity index is 1040. The minimum absolute atomic E-state index is 0.124. The van der Waals surface area contributed by atoms with Gasteiger partial charge in [-0.25, -0.2) is 4.79 Å². The van der Waals surface area contributed by atoms with Gasteiger partial charge in [0.1, 0.15) is 5.58 Å². The van der Waals surface area contributed by atoms with E-state index in [-0.39, 0.29) is 29.4 Å². The van der Waals surface area contributed by atoms with Crippen LogP contribution in [0.15, 0.2) is 39.5 Å². The molecule has 2 heterocycles. The molecule has 7 heteroatoms. The molecule has 0 radical (unpaired) electrons. The lowest BCUT2D eigenvalue weighted by Crippen LogP contribution is -2.03. The van der Waals surface area contributed by atoms with Gasteiger partial charge in [0.25, 0.3) is 0 Å². The number of hydrogen-bond donors (Lipinski definition) is 1. The van der Waals surface area contributed by atoms with Crippen LogP contribution in [-0.2, 0) is 0 Å². The Kier molecular flexibility index (Phi) is 3.42. The summed E-state index contributed by atoms with van der Waals surface area (Å²) in [6.45, 7) is 0.124. The molecule has 128 valence electrons. The van der Waals surface area contributed by atoms with E-state index >= 15 is 0 Å². The summed E-state index contributed by atoms with van der Waals surface area (Å²) in [4.78, 5) is 12.4. The van der Waals surface area contributed by atoms with Gasteiger partial charge >= 0.3 is 5.63 Å². The van der Waals surface area contributed by atoms with E-state index in [4.69, 9.17) is 23.4 Å². The summed E-state index contributed by atoms with van der Waals surface area (Å²) < 4.78 is 26.3. The molecule has 1 N–H and O–H groups in total. The molecule has 2 aromatic carbocycles. The Hall–Kier alpha value is -3.35. The van der Waals surface area contributed by atoms with E-state index in [9.17, 15) is 9.90 Å². The van der Waals surface area contributed by atoms with E-state index in [1.807, 2.05) is 0 Å². The van der Waals surface area contributed by atoms with Crippen molar-refractivity contribution < 1.29 is 28.5 Å². The van der Waals surface area contributed by atoms with Crippen LogP contribution >= 0.6 is 0 Å². The summed E-state index contributed by atoms with van der Waals surface area (Å²) in [6, 6.07) is 8.14. The molecule has 0 bridgehead atoms. The van der Waals surface area contributed by atoms with Crippen LogP contribution in [-0.4, -0.2) is 26.1 Å². The summed E-state index contributed by atoms with van der Waals surface area (Å²) in [5.74, 6) is 1.40. The Morgan fingerprint density at radius 1 is 1.00 bits per heavy atom. The van der Waals surface area contributed by atoms with Gasteiger partial charge in [-0.1, -0.05) is 0 Å². The Balaban J connectivity index is 1.94. The molecule has 3 aromatic rings. The maximum Gasteiger partial charge on any atom is 0.344 e. The first-order chi connectivity index (χ1) is 12.1. The Morgan fingerprint density at radius 3 is 2.48 bits per heavy atom. The highest BCUT2D eigenvalue weighted by Crippen LogP contribution is 2.43. The lowest BCUT2D eigenvalue weighted by molar-refractivity contribution is 0.174. The maximum absolute atomic E-state index is 12.4. The van der Waals surface area contributed by atoms with Gasteiger partial charge in [-0.3, -0.25) is 0 Å². The molecule has 7 nitrogen and oxygen atoms in total. The number of methoxy groups -OCH3 is 2. The second-order valence-corrected chi connectivity index (χ2v) is 5.39. The van der Waals surface area contributed by atoms with Gasteiger partial charge in [0.15, 0.2) is 23.0 Å². The minimum Gasteiger partial charge on any atom is -0.504 e. The zero-order chi connectivity index (χ0) is 17.6. The lowest BCUT2D eigenvalue weighted by Gasteiger charge is -2.12. The maximum atomic E-state index is 12.4. The van der Waals surface area contributed by atoms with Crippen molar-refractivity contribution in [1.82, 2.24) is 0 Å². The molecule has 1 aliphatic rings. The molecule has 0 saturated carbocycles. The molecule has 1 aliphatic heterocycles. The topological polar surface area (TPSA) is 87.4 Å². The predicted molar refractivity (Wildman–Crippen MR) is 88.8 cm³/mol. The summed E-state index contributed by atoms with van der Waals surface area (Å²) in [7, 11) is 2.87. The van der Waals surface area contributed by atoms with Crippen LogP contribution in [0.1, 0.15) is 0 Å². The predicted octanol–water partition coefficient (Wildman–Crippen LogP) is 2.91. The molecule has 4 rings (SSSR count). The summed E-state index contributed by atoms with van der Waals surface area (Å²) in [6.07, 6.45) is 0. The highest BCUT2D eigenvalue weighted by Gasteiger charge is 2.20. The zero-order valence-corrected chi connectivity index (χ0v) is 13.5. The third-order valence-electron chi connectivity index (χ3n) is 4.04. The molecule has 1 aromatic heterocycles. The molecule has 25 heavy (non-hydrogen) atoms. The van der Waals surface area contributed by atoms with Gasteiger partial charge in [-0.05, 0) is 24.3 Å². The van der Waals surface area contributed by atoms with Crippen molar-refractivity contribution in [2.75, 3.05) is 21.0 Å². The number of phenols is 1. The van der Waals surface area contributed by atoms with E-state index in [1.54, 1.807) is 30.3 Å². The van der Waals surface area contributed by atoms with Crippen LogP contribution in [0.4, 0.5) is 0 Å². The third kappa shape index (κ3) is 2.32. The SMILES string of the molecule is COc1ccc(-c2cc3cc4c(cc3oc2=O)OCO4)c(O)c1OC. The van der Waals surface area contributed by atoms with E-state index in [1.165, 1.54) is 14.2 Å². The van der Waals surface area contributed by atoms with Crippen molar-refractivity contribution in [3.8, 4) is 39.9 Å². The Morgan fingerprint density at radius 2 is 1.76 bits per heavy atom. The molecule has 0 atom stereocenters. The van der Waals surface area contributed by atoms with Gasteiger partial charge in [-0.15, -0.1) is 0 Å². The number of hydrogen-bond acceptors (Lipinski definition) is 7. The fraction of sp³-hybridized carbons (Fsp3) is 0.167. The van der Waals surface area contributed by atoms with Crippen LogP contribution in [0.5, 0.6) is 28.7 Å². The first kappa shape index (κ1) is 15.2. The van der Waals surface area contributed by atoms with Gasteiger partial charge in [0, 0.05) is 17.0 Å². The minimum atomic E-state index is -0.589. The Labute approximate surface area is 141 Å². The van der Waals surface area contributed by atoms with Gasteiger partial charge in [0.05, 0.1) is 19.8 Å². The number of benzene rings is 2. The molecule has 0 aliphatic carbocycles. The molecular formula is C18H14O7. The van der Waals surface area contributed by atoms with Crippen LogP contribution < -0.4 is 24.6 Å². The zero-order valence-electron chi connectivity index (χ0n) is 13.5. The average molecular weight is 342 g/mol. The molecular weight excluding hydrogens is 328 g/mol. The lowest BCUT2D eigenvalue weighted by atomic mass is 10.0. The van der Waals surface area contributed by atoms with E-state index in [0.29, 0.717) is 28.2 Å². The largest absolute Gasteiger partial charge is 0.504 e. The van der Waals surface area contributed by atoms with Crippen LogP contribution in [0, 0.1) is 0 Å². The monoisotopic (exact) mass is 342 g/mol. The number of aromatic hydroxyl groups is 1. The highest BCUT2D eigenvalue weighted by atomic mass is 16.7. The van der Waals surface area contributed by atoms with Crippen molar-refractivity contribution in [1.29, 1.82) is 0 Å². The van der Waals surface area contributed by atoms with Crippen LogP contribution in [0.2, 0.25) is 0 Å². The average Bonchev–Trinajstić information content (AvgIpc) is 3.06. The fourth-order valence-electron chi connectivity index (χ4n) is 2.83. The number of phenolic OH excluding ortho intramolecular Hbond substituents is 1. The molecule has 0 unspecified atom stereocenters. The first-order valence-corrected chi connectivity index (χ1v) is 7.44. The van der Waals surface area contributed by atoms with Crippen LogP contribution in [0.3, 0.4) is 0 Å². The van der Waals surface area contributed by atoms with E-state index in [0.717, 1.165) is 0 Å². The fourth-order valence-corrected chi connectivity index (χ4v) is 2.83. The number of fused-ring (bicyclic) bond motifs is 2. The number of ether oxygens (including phenoxy) is 4. The van der Waals surface area contributed by atoms with Gasteiger partial charge < -0.3 is 28.5 Å². The first-order valence-electron chi connectivity index (χ1n) is 7.44. The molecule has 0 amide bonds. The molecule has 0 spiro atoms. The van der Waals surface area contributed by atoms with Gasteiger partial charge in [-0.2, -0.15) is 0 Å². The van der Waals surface area contributed by atoms with Crippen LogP contribution in [0.25, 0.3) is 22.1 Å². The highest BCUT2D eigenvalue weighted by molar-refractivity contribution is 5.86. The van der Waals surface area contributed by atoms with E-state index in [2.05, 4.69) is 0 Å². The molecule has 0 saturated heterocycles. The molecule has 0 fully saturated rings. The third-order valence-corrected chi connectivity index (χ3v) is 4.04. The standard InChI is InChI=1S/C18H14O7/c1-21-12-4-3-10(16(19)17(12)22-2)11-5-9-6-14-15(24-8-23-14)7-13(9)25-18(11)20/h3-7,19H,8H2,1-2H3. The van der Waals surface area contributed by atoms with Crippen molar-refractivity contribution in [3.63, 3.8) is 0 Å². The van der Waals surface area contributed by atoms with Crippen molar-refractivity contribution >= 4 is 11.0 Å². The second kappa shape index (κ2) is 5.62. The second-order valence-electron chi connectivity index (χ2n) is 5.39. The summed E-state index contributed by atoms with van der Waals surface area (Å²) in [5.41, 5.74) is 0.266. The normalized spacial score (nSPS) is 12.4. The quantitative estimate of drug-likeness (QED) is 0.732. The van der Waals surface area contributed by atoms with Crippen molar-refractivity contribution in [2.24, 2.45) is 0 Å². The van der Waals surface area contributed by atoms with Crippen molar-refractivity contribution in [2.45, 2.75) is 0 Å². The smallest absolute Gasteiger partial charge is 0.344 e. The van der Waals surface area contributed by atoms with Gasteiger partial charge in [0.2, 0.25) is 12.5 Å². The number of rotatable bonds is 3. The van der Waals surface area contributed by atoms with Crippen molar-refractivity contribution in [3.05, 3.63) is 40.8 Å². The summed E-state index contributed by atoms with van der Waals surface area (Å²) >= 11 is 0. The summed E-state index contributed by atoms with van der Waals surface area (Å²) in [5, 5.41) is 11.1. The van der Waals surface area contributed by atoms with E-state index < -0.39 is 5.63 Å².